The van der Waals surface area contributed by atoms with E-state index in [0.717, 1.165) is 50.9 Å². The minimum absolute atomic E-state index is 0.0865. The molecule has 2 N–H and O–H groups in total. The normalized spacial score (nSPS) is 20.2. The van der Waals surface area contributed by atoms with Gasteiger partial charge >= 0.3 is 0 Å². The lowest BCUT2D eigenvalue weighted by Crippen LogP contribution is -2.41. The molecule has 3 rings (SSSR count). The van der Waals surface area contributed by atoms with Crippen LogP contribution in [0.3, 0.4) is 0 Å². The molecule has 2 amide bonds. The molecule has 2 aliphatic rings. The molecule has 0 radical (unpaired) electrons. The van der Waals surface area contributed by atoms with Gasteiger partial charge in [0.05, 0.1) is 11.8 Å². The van der Waals surface area contributed by atoms with Crippen LogP contribution in [0.5, 0.6) is 0 Å². The van der Waals surface area contributed by atoms with Crippen molar-refractivity contribution in [2.24, 2.45) is 0 Å². The Bertz CT molecular complexity index is 654. The Hall–Kier alpha value is -1.89. The van der Waals surface area contributed by atoms with Gasteiger partial charge in [-0.1, -0.05) is 0 Å². The van der Waals surface area contributed by atoms with Crippen LogP contribution < -0.4 is 10.6 Å². The molecule has 0 bridgehead atoms. The van der Waals surface area contributed by atoms with Crippen LogP contribution in [0.1, 0.15) is 73.3 Å². The highest BCUT2D eigenvalue weighted by Crippen LogP contribution is 2.22. The summed E-state index contributed by atoms with van der Waals surface area (Å²) in [6, 6.07) is 0. The number of amides is 2. The molecule has 1 aromatic rings. The molecule has 1 atom stereocenters. The minimum Gasteiger partial charge on any atom is -0.376 e. The van der Waals surface area contributed by atoms with E-state index in [0.29, 0.717) is 18.1 Å². The summed E-state index contributed by atoms with van der Waals surface area (Å²) in [4.78, 5) is 29.6. The van der Waals surface area contributed by atoms with E-state index in [1.807, 2.05) is 25.3 Å². The number of carbonyl (C=O) groups is 2. The molecule has 7 nitrogen and oxygen atoms in total. The van der Waals surface area contributed by atoms with Crippen molar-refractivity contribution < 1.29 is 14.3 Å². The highest BCUT2D eigenvalue weighted by molar-refractivity contribution is 5.97. The summed E-state index contributed by atoms with van der Waals surface area (Å²) in [6.45, 7) is 7.78. The van der Waals surface area contributed by atoms with Gasteiger partial charge in [0.25, 0.3) is 11.8 Å². The Kier molecular flexibility index (Phi) is 5.13. The minimum atomic E-state index is -0.343. The molecule has 1 unspecified atom stereocenters. The molecule has 1 aromatic heterocycles. The first-order valence-electron chi connectivity index (χ1n) is 9.17. The lowest BCUT2D eigenvalue weighted by atomic mass is 10.1. The monoisotopic (exact) mass is 348 g/mol. The first-order valence-corrected chi connectivity index (χ1v) is 9.17. The van der Waals surface area contributed by atoms with Crippen LogP contribution in [0.25, 0.3) is 0 Å². The fraction of sp³-hybridized carbons (Fsp3) is 0.722. The maximum absolute atomic E-state index is 12.6. The number of fused-ring (bicyclic) bond motifs is 1. The van der Waals surface area contributed by atoms with Gasteiger partial charge in [-0.2, -0.15) is 0 Å². The van der Waals surface area contributed by atoms with Gasteiger partial charge in [-0.3, -0.25) is 9.59 Å². The SMILES string of the molecule is CC(C)(C)NC(=O)c1nc(C(=O)NCC2CCCO2)n2c1CCCC2. The quantitative estimate of drug-likeness (QED) is 0.866. The first-order chi connectivity index (χ1) is 11.8. The summed E-state index contributed by atoms with van der Waals surface area (Å²) < 4.78 is 7.45. The first kappa shape index (κ1) is 17.9. The smallest absolute Gasteiger partial charge is 0.287 e. The second-order valence-corrected chi connectivity index (χ2v) is 7.89. The van der Waals surface area contributed by atoms with E-state index in [9.17, 15) is 9.59 Å². The summed E-state index contributed by atoms with van der Waals surface area (Å²) in [5.41, 5.74) is 0.914. The molecule has 0 aromatic carbocycles. The van der Waals surface area contributed by atoms with E-state index < -0.39 is 0 Å². The van der Waals surface area contributed by atoms with Crippen LogP contribution in [0, 0.1) is 0 Å². The average molecular weight is 348 g/mol. The number of nitrogens with one attached hydrogen (secondary N) is 2. The van der Waals surface area contributed by atoms with Crippen LogP contribution in [0.4, 0.5) is 0 Å². The van der Waals surface area contributed by atoms with Gasteiger partial charge in [-0.15, -0.1) is 0 Å². The van der Waals surface area contributed by atoms with Crippen molar-refractivity contribution in [3.63, 3.8) is 0 Å². The average Bonchev–Trinajstić information content (AvgIpc) is 3.18. The predicted molar refractivity (Wildman–Crippen MR) is 93.7 cm³/mol. The zero-order valence-electron chi connectivity index (χ0n) is 15.4. The predicted octanol–water partition coefficient (Wildman–Crippen LogP) is 1.66. The Balaban J connectivity index is 1.79. The van der Waals surface area contributed by atoms with E-state index in [-0.39, 0.29) is 23.5 Å². The van der Waals surface area contributed by atoms with Crippen LogP contribution in [-0.2, 0) is 17.7 Å². The molecule has 0 aliphatic carbocycles. The number of rotatable bonds is 4. The van der Waals surface area contributed by atoms with E-state index >= 15 is 0 Å². The molecular formula is C18H28N4O3. The van der Waals surface area contributed by atoms with Crippen molar-refractivity contribution in [3.05, 3.63) is 17.2 Å². The third-order valence-electron chi connectivity index (χ3n) is 4.54. The number of hydrogen-bond donors (Lipinski definition) is 2. The number of carbonyl (C=O) groups excluding carboxylic acids is 2. The van der Waals surface area contributed by atoms with E-state index in [1.165, 1.54) is 0 Å². The molecule has 25 heavy (non-hydrogen) atoms. The highest BCUT2D eigenvalue weighted by atomic mass is 16.5. The fourth-order valence-electron chi connectivity index (χ4n) is 3.39. The second-order valence-electron chi connectivity index (χ2n) is 7.89. The van der Waals surface area contributed by atoms with Gasteiger partial charge in [0, 0.05) is 25.2 Å². The van der Waals surface area contributed by atoms with Crippen LogP contribution in [0.2, 0.25) is 0 Å². The molecule has 0 saturated carbocycles. The summed E-state index contributed by atoms with van der Waals surface area (Å²) in [5.74, 6) is -0.100. The van der Waals surface area contributed by atoms with Crippen LogP contribution in [0.15, 0.2) is 0 Å². The number of hydrogen-bond acceptors (Lipinski definition) is 4. The van der Waals surface area contributed by atoms with Crippen molar-refractivity contribution >= 4 is 11.8 Å². The lowest BCUT2D eigenvalue weighted by molar-refractivity contribution is 0.0845. The topological polar surface area (TPSA) is 85.2 Å². The van der Waals surface area contributed by atoms with Crippen LogP contribution >= 0.6 is 0 Å². The maximum atomic E-state index is 12.6. The third-order valence-corrected chi connectivity index (χ3v) is 4.54. The molecule has 0 spiro atoms. The fourth-order valence-corrected chi connectivity index (χ4v) is 3.39. The van der Waals surface area contributed by atoms with Gasteiger partial charge in [-0.25, -0.2) is 4.98 Å². The zero-order chi connectivity index (χ0) is 18.0. The van der Waals surface area contributed by atoms with Crippen molar-refractivity contribution in [3.8, 4) is 0 Å². The summed E-state index contributed by atoms with van der Waals surface area (Å²) in [5, 5.41) is 5.86. The lowest BCUT2D eigenvalue weighted by Gasteiger charge is -2.21. The molecule has 3 heterocycles. The molecule has 7 heteroatoms. The maximum Gasteiger partial charge on any atom is 0.287 e. The van der Waals surface area contributed by atoms with Gasteiger partial charge < -0.3 is 19.9 Å². The molecular weight excluding hydrogens is 320 g/mol. The number of aromatic nitrogens is 2. The summed E-state index contributed by atoms with van der Waals surface area (Å²) in [6.07, 6.45) is 4.88. The molecule has 138 valence electrons. The van der Waals surface area contributed by atoms with Gasteiger partial charge in [0.2, 0.25) is 0 Å². The van der Waals surface area contributed by atoms with Gasteiger partial charge in [0.15, 0.2) is 5.82 Å². The third kappa shape index (κ3) is 4.21. The van der Waals surface area contributed by atoms with Crippen molar-refractivity contribution in [1.82, 2.24) is 20.2 Å². The largest absolute Gasteiger partial charge is 0.376 e. The van der Waals surface area contributed by atoms with E-state index in [2.05, 4.69) is 15.6 Å². The van der Waals surface area contributed by atoms with Crippen molar-refractivity contribution in [2.75, 3.05) is 13.2 Å². The van der Waals surface area contributed by atoms with Gasteiger partial charge in [-0.05, 0) is 52.9 Å². The van der Waals surface area contributed by atoms with Crippen molar-refractivity contribution in [1.29, 1.82) is 0 Å². The van der Waals surface area contributed by atoms with E-state index in [1.54, 1.807) is 0 Å². The molecule has 1 fully saturated rings. The second kappa shape index (κ2) is 7.15. The Labute approximate surface area is 148 Å². The molecule has 2 aliphatic heterocycles. The standard InChI is InChI=1S/C18H28N4O3/c1-18(2,3)21-16(23)14-13-8-4-5-9-22(13)15(20-14)17(24)19-11-12-7-6-10-25-12/h12H,4-11H2,1-3H3,(H,19,24)(H,21,23). The molecule has 1 saturated heterocycles. The van der Waals surface area contributed by atoms with Gasteiger partial charge in [0.1, 0.15) is 5.69 Å². The van der Waals surface area contributed by atoms with E-state index in [4.69, 9.17) is 4.74 Å². The highest BCUT2D eigenvalue weighted by Gasteiger charge is 2.29. The number of nitrogens with zero attached hydrogens (tertiary/aromatic N) is 2. The Morgan fingerprint density at radius 2 is 2.04 bits per heavy atom. The summed E-state index contributed by atoms with van der Waals surface area (Å²) in [7, 11) is 0. The Morgan fingerprint density at radius 3 is 2.72 bits per heavy atom. The zero-order valence-corrected chi connectivity index (χ0v) is 15.4. The summed E-state index contributed by atoms with van der Waals surface area (Å²) >= 11 is 0. The number of imidazole rings is 1. The Morgan fingerprint density at radius 1 is 1.24 bits per heavy atom. The van der Waals surface area contributed by atoms with Crippen molar-refractivity contribution in [2.45, 2.75) is 71.1 Å². The van der Waals surface area contributed by atoms with Crippen LogP contribution in [-0.4, -0.2) is 46.2 Å². The number of ether oxygens (including phenoxy) is 1.